The Bertz CT molecular complexity index is 70.1. The molecular weight excluding hydrogens is 108 g/mol. The summed E-state index contributed by atoms with van der Waals surface area (Å²) in [5.74, 6) is -0.390. The van der Waals surface area contributed by atoms with Gasteiger partial charge < -0.3 is 9.84 Å². The lowest BCUT2D eigenvalue weighted by Gasteiger charge is -1.92. The maximum atomic E-state index is 10.2. The Morgan fingerprint density at radius 1 is 1.88 bits per heavy atom. The minimum absolute atomic E-state index is 0.00486. The van der Waals surface area contributed by atoms with Crippen molar-refractivity contribution in [2.24, 2.45) is 0 Å². The predicted octanol–water partition coefficient (Wildman–Crippen LogP) is -0.254. The summed E-state index contributed by atoms with van der Waals surface area (Å²) in [6.07, 6.45) is 1.66. The van der Waals surface area contributed by atoms with Crippen LogP contribution in [0.15, 0.2) is 0 Å². The van der Waals surface area contributed by atoms with Crippen LogP contribution in [0.2, 0.25) is 0 Å². The molecule has 3 heteroatoms. The summed E-state index contributed by atoms with van der Waals surface area (Å²) in [5, 5.41) is 8.17. The Morgan fingerprint density at radius 2 is 2.50 bits per heavy atom. The van der Waals surface area contributed by atoms with Gasteiger partial charge in [0, 0.05) is 6.61 Å². The molecule has 0 heterocycles. The van der Waals surface area contributed by atoms with Gasteiger partial charge in [0.2, 0.25) is 0 Å². The predicted molar refractivity (Wildman–Crippen MR) is 28.0 cm³/mol. The zero-order valence-electron chi connectivity index (χ0n) is 4.76. The second-order valence-corrected chi connectivity index (χ2v) is 1.24. The fourth-order valence-electron chi connectivity index (χ4n) is 0.266. The molecule has 0 aromatic rings. The molecule has 0 bridgehead atoms. The van der Waals surface area contributed by atoms with Gasteiger partial charge in [-0.15, -0.1) is 0 Å². The highest BCUT2D eigenvalue weighted by atomic mass is 16.5. The molecule has 0 rings (SSSR count). The summed E-state index contributed by atoms with van der Waals surface area (Å²) in [7, 11) is 1.30. The minimum Gasteiger partial charge on any atom is -0.469 e. The number of esters is 1. The third-order valence-electron chi connectivity index (χ3n) is 0.641. The van der Waals surface area contributed by atoms with Crippen molar-refractivity contribution >= 4 is 5.97 Å². The molecule has 0 atom stereocenters. The van der Waals surface area contributed by atoms with Crippen molar-refractivity contribution in [3.05, 3.63) is 6.42 Å². The molecule has 0 saturated heterocycles. The molecule has 1 N–H and O–H groups in total. The van der Waals surface area contributed by atoms with Crippen LogP contribution in [0.4, 0.5) is 0 Å². The molecule has 0 aliphatic heterocycles. The van der Waals surface area contributed by atoms with Crippen LogP contribution >= 0.6 is 0 Å². The molecule has 8 heavy (non-hydrogen) atoms. The monoisotopic (exact) mass is 117 g/mol. The number of carbonyl (C=O) groups is 1. The smallest absolute Gasteiger partial charge is 0.309 e. The first-order valence-corrected chi connectivity index (χ1v) is 2.33. The van der Waals surface area contributed by atoms with E-state index in [1.54, 1.807) is 0 Å². The lowest BCUT2D eigenvalue weighted by molar-refractivity contribution is -0.136. The van der Waals surface area contributed by atoms with E-state index < -0.39 is 0 Å². The average Bonchev–Trinajstić information content (AvgIpc) is 1.83. The van der Waals surface area contributed by atoms with Gasteiger partial charge in [0.25, 0.3) is 0 Å². The highest BCUT2D eigenvalue weighted by Gasteiger charge is 1.96. The summed E-state index contributed by atoms with van der Waals surface area (Å²) >= 11 is 0. The first-order valence-electron chi connectivity index (χ1n) is 2.33. The van der Waals surface area contributed by atoms with Gasteiger partial charge in [-0.2, -0.15) is 0 Å². The van der Waals surface area contributed by atoms with E-state index in [4.69, 9.17) is 5.11 Å². The van der Waals surface area contributed by atoms with E-state index in [1.807, 2.05) is 0 Å². The second-order valence-electron chi connectivity index (χ2n) is 1.24. The molecule has 0 unspecified atom stereocenters. The van der Waals surface area contributed by atoms with Gasteiger partial charge in [0.05, 0.1) is 13.5 Å². The Labute approximate surface area is 48.3 Å². The number of carbonyl (C=O) groups excluding carboxylic acids is 1. The molecule has 47 valence electrons. The Kier molecular flexibility index (Phi) is 4.26. The van der Waals surface area contributed by atoms with Crippen molar-refractivity contribution in [3.8, 4) is 0 Å². The molecule has 3 nitrogen and oxygen atoms in total. The molecule has 0 aliphatic rings. The van der Waals surface area contributed by atoms with E-state index in [-0.39, 0.29) is 12.6 Å². The largest absolute Gasteiger partial charge is 0.469 e. The number of methoxy groups -OCH3 is 1. The third kappa shape index (κ3) is 3.61. The number of aliphatic hydroxyl groups is 1. The molecule has 0 spiro atoms. The molecule has 1 radical (unpaired) electrons. The van der Waals surface area contributed by atoms with Gasteiger partial charge in [-0.05, 0) is 6.42 Å². The molecule has 0 saturated carbocycles. The van der Waals surface area contributed by atoms with Crippen LogP contribution in [0.25, 0.3) is 0 Å². The second kappa shape index (κ2) is 4.59. The van der Waals surface area contributed by atoms with Crippen LogP contribution in [-0.4, -0.2) is 24.8 Å². The highest BCUT2D eigenvalue weighted by molar-refractivity contribution is 5.78. The standard InChI is InChI=1S/C5H9O3/c1-8-5(7)3-2-4-6/h3,6H,2,4H2,1H3. The van der Waals surface area contributed by atoms with E-state index in [2.05, 4.69) is 4.74 Å². The quantitative estimate of drug-likeness (QED) is 0.518. The molecule has 0 aromatic heterocycles. The maximum absolute atomic E-state index is 10.2. The van der Waals surface area contributed by atoms with Crippen molar-refractivity contribution in [2.45, 2.75) is 6.42 Å². The van der Waals surface area contributed by atoms with E-state index in [0.29, 0.717) is 6.42 Å². The van der Waals surface area contributed by atoms with Gasteiger partial charge in [0.15, 0.2) is 0 Å². The third-order valence-corrected chi connectivity index (χ3v) is 0.641. The van der Waals surface area contributed by atoms with Crippen molar-refractivity contribution < 1.29 is 14.6 Å². The fraction of sp³-hybridized carbons (Fsp3) is 0.600. The topological polar surface area (TPSA) is 46.5 Å². The lowest BCUT2D eigenvalue weighted by atomic mass is 10.3. The van der Waals surface area contributed by atoms with Gasteiger partial charge in [-0.25, -0.2) is 0 Å². The number of ether oxygens (including phenoxy) is 1. The van der Waals surface area contributed by atoms with Crippen molar-refractivity contribution in [1.82, 2.24) is 0 Å². The minimum atomic E-state index is -0.390. The number of aliphatic hydroxyl groups excluding tert-OH is 1. The van der Waals surface area contributed by atoms with E-state index in [0.717, 1.165) is 0 Å². The lowest BCUT2D eigenvalue weighted by Crippen LogP contribution is -2.01. The van der Waals surface area contributed by atoms with Crippen LogP contribution in [0.5, 0.6) is 0 Å². The number of hydrogen-bond acceptors (Lipinski definition) is 3. The summed E-state index contributed by atoms with van der Waals surface area (Å²) in [5.41, 5.74) is 0. The maximum Gasteiger partial charge on any atom is 0.309 e. The van der Waals surface area contributed by atoms with E-state index in [9.17, 15) is 4.79 Å². The fourth-order valence-corrected chi connectivity index (χ4v) is 0.266. The Morgan fingerprint density at radius 3 is 2.88 bits per heavy atom. The van der Waals surface area contributed by atoms with Gasteiger partial charge in [-0.1, -0.05) is 0 Å². The molecule has 0 amide bonds. The van der Waals surface area contributed by atoms with Crippen LogP contribution < -0.4 is 0 Å². The number of hydrogen-bond donors (Lipinski definition) is 1. The van der Waals surface area contributed by atoms with Crippen molar-refractivity contribution in [1.29, 1.82) is 0 Å². The zero-order valence-corrected chi connectivity index (χ0v) is 4.76. The zero-order chi connectivity index (χ0) is 6.41. The van der Waals surface area contributed by atoms with Crippen molar-refractivity contribution in [2.75, 3.05) is 13.7 Å². The molecule has 0 aromatic carbocycles. The molecule has 0 aliphatic carbocycles. The number of rotatable bonds is 3. The molecule has 0 fully saturated rings. The summed E-state index contributed by atoms with van der Waals surface area (Å²) in [6, 6.07) is 0. The van der Waals surface area contributed by atoms with Gasteiger partial charge >= 0.3 is 5.97 Å². The summed E-state index contributed by atoms with van der Waals surface area (Å²) in [6.45, 7) is -0.00486. The van der Waals surface area contributed by atoms with Crippen molar-refractivity contribution in [3.63, 3.8) is 0 Å². The first kappa shape index (κ1) is 7.43. The SMILES string of the molecule is COC(=O)[CH]CCO. The Balaban J connectivity index is 2.99. The van der Waals surface area contributed by atoms with E-state index >= 15 is 0 Å². The van der Waals surface area contributed by atoms with Crippen LogP contribution in [-0.2, 0) is 9.53 Å². The normalized spacial score (nSPS) is 8.75. The Hall–Kier alpha value is -0.570. The van der Waals surface area contributed by atoms with Crippen LogP contribution in [0, 0.1) is 6.42 Å². The van der Waals surface area contributed by atoms with Crippen LogP contribution in [0.3, 0.4) is 0 Å². The average molecular weight is 117 g/mol. The summed E-state index contributed by atoms with van der Waals surface area (Å²) in [4.78, 5) is 10.2. The van der Waals surface area contributed by atoms with Gasteiger partial charge in [-0.3, -0.25) is 4.79 Å². The van der Waals surface area contributed by atoms with E-state index in [1.165, 1.54) is 13.5 Å². The van der Waals surface area contributed by atoms with Crippen LogP contribution in [0.1, 0.15) is 6.42 Å². The molecular formula is C5H9O3. The summed E-state index contributed by atoms with van der Waals surface area (Å²) < 4.78 is 4.25. The first-order chi connectivity index (χ1) is 3.81. The van der Waals surface area contributed by atoms with Gasteiger partial charge in [0.1, 0.15) is 0 Å². The highest BCUT2D eigenvalue weighted by Crippen LogP contribution is 1.86.